The molecule has 8 heteroatoms. The Labute approximate surface area is 540 Å². The van der Waals surface area contributed by atoms with Crippen LogP contribution in [-0.4, -0.2) is 14.2 Å². The highest BCUT2D eigenvalue weighted by molar-refractivity contribution is 8.00. The van der Waals surface area contributed by atoms with Crippen LogP contribution in [-0.2, 0) is 32.7 Å². The largest absolute Gasteiger partial charge is 0.497 e. The number of benzene rings is 12. The van der Waals surface area contributed by atoms with Gasteiger partial charge in [0.15, 0.2) is 44.1 Å². The molecule has 88 heavy (non-hydrogen) atoms. The van der Waals surface area contributed by atoms with E-state index in [1.165, 1.54) is 91.5 Å². The van der Waals surface area contributed by atoms with Gasteiger partial charge in [-0.05, 0) is 241 Å². The van der Waals surface area contributed by atoms with Crippen LogP contribution in [0.2, 0.25) is 0 Å². The lowest BCUT2D eigenvalue weighted by Crippen LogP contribution is -2.05. The summed E-state index contributed by atoms with van der Waals surface area (Å²) in [5, 5.41) is 0. The highest BCUT2D eigenvalue weighted by Gasteiger charge is 2.31. The van der Waals surface area contributed by atoms with Gasteiger partial charge >= 0.3 is 0 Å². The third-order valence-electron chi connectivity index (χ3n) is 14.0. The van der Waals surface area contributed by atoms with Crippen molar-refractivity contribution in [3.63, 3.8) is 0 Å². The molecule has 0 unspecified atom stereocenters. The van der Waals surface area contributed by atoms with Crippen molar-refractivity contribution < 1.29 is 14.2 Å². The van der Waals surface area contributed by atoms with E-state index < -0.39 is 0 Å². The summed E-state index contributed by atoms with van der Waals surface area (Å²) >= 11 is 3.59. The summed E-state index contributed by atoms with van der Waals surface area (Å²) in [5.74, 6) is 3.44. The van der Waals surface area contributed by atoms with Crippen molar-refractivity contribution in [3.8, 4) is 23.0 Å². The zero-order valence-electron chi connectivity index (χ0n) is 50.1. The van der Waals surface area contributed by atoms with Crippen LogP contribution in [0.1, 0.15) is 35.2 Å². The SMILES string of the molecule is C.COc1ccc([S+](c2ccc(OC)cc2)c2ccc(Sc3ccc(C)cc3)cc2)cc1.Cc1ccc([S+](c2ccc(C)cc2)c2ccc(Oc3ccccc3)cc2)cc1.Cc1ccc([S+](c2ccc(C)cc2)c2ccc(Sc3ccccc3)cc2)cc1. The lowest BCUT2D eigenvalue weighted by Gasteiger charge is -2.10. The molecule has 3 nitrogen and oxygen atoms in total. The van der Waals surface area contributed by atoms with Gasteiger partial charge in [-0.2, -0.15) is 0 Å². The fourth-order valence-electron chi connectivity index (χ4n) is 9.27. The molecule has 12 aromatic carbocycles. The van der Waals surface area contributed by atoms with E-state index in [0.29, 0.717) is 0 Å². The van der Waals surface area contributed by atoms with Gasteiger partial charge in [0.05, 0.1) is 46.9 Å². The van der Waals surface area contributed by atoms with Crippen molar-refractivity contribution in [2.45, 2.75) is 106 Å². The molecule has 0 fully saturated rings. The number of rotatable bonds is 17. The molecule has 0 saturated carbocycles. The minimum absolute atomic E-state index is 0. The molecule has 0 aliphatic heterocycles. The third kappa shape index (κ3) is 18.0. The zero-order chi connectivity index (χ0) is 60.3. The summed E-state index contributed by atoms with van der Waals surface area (Å²) < 4.78 is 16.7. The second-order valence-electron chi connectivity index (χ2n) is 20.7. The molecule has 0 atom stereocenters. The summed E-state index contributed by atoms with van der Waals surface area (Å²) in [6.07, 6.45) is 0. The van der Waals surface area contributed by atoms with Gasteiger partial charge < -0.3 is 14.2 Å². The Morgan fingerprint density at radius 1 is 0.216 bits per heavy atom. The lowest BCUT2D eigenvalue weighted by atomic mass is 10.2. The Kier molecular flexibility index (Phi) is 23.5. The minimum atomic E-state index is -0.213. The summed E-state index contributed by atoms with van der Waals surface area (Å²) in [5.41, 5.74) is 6.44. The molecule has 0 saturated heterocycles. The van der Waals surface area contributed by atoms with Crippen LogP contribution in [0.4, 0.5) is 0 Å². The molecule has 0 aliphatic rings. The van der Waals surface area contributed by atoms with Gasteiger partial charge in [0.2, 0.25) is 0 Å². The molecule has 0 amide bonds. The van der Waals surface area contributed by atoms with E-state index in [-0.39, 0.29) is 40.1 Å². The van der Waals surface area contributed by atoms with E-state index in [9.17, 15) is 0 Å². The summed E-state index contributed by atoms with van der Waals surface area (Å²) in [6, 6.07) is 108. The van der Waals surface area contributed by atoms with E-state index in [1.54, 1.807) is 37.7 Å². The molecule has 0 aliphatic carbocycles. The molecule has 0 radical (unpaired) electrons. The van der Waals surface area contributed by atoms with Crippen molar-refractivity contribution in [2.24, 2.45) is 0 Å². The molecule has 12 rings (SSSR count). The van der Waals surface area contributed by atoms with Crippen molar-refractivity contribution in [2.75, 3.05) is 14.2 Å². The number of hydrogen-bond acceptors (Lipinski definition) is 5. The van der Waals surface area contributed by atoms with E-state index >= 15 is 0 Å². The first kappa shape index (κ1) is 64.3. The topological polar surface area (TPSA) is 27.7 Å². The van der Waals surface area contributed by atoms with Crippen LogP contribution in [0.15, 0.2) is 367 Å². The molecule has 0 heterocycles. The fraction of sp³-hybridized carbons (Fsp3) is 0.100. The van der Waals surface area contributed by atoms with E-state index in [0.717, 1.165) is 23.0 Å². The Hall–Kier alpha value is -8.21. The smallest absolute Gasteiger partial charge is 0.166 e. The molecule has 0 bridgehead atoms. The maximum Gasteiger partial charge on any atom is 0.166 e. The van der Waals surface area contributed by atoms with Crippen LogP contribution in [0, 0.1) is 34.6 Å². The minimum Gasteiger partial charge on any atom is -0.497 e. The maximum atomic E-state index is 5.96. The third-order valence-corrected chi connectivity index (χ3v) is 22.7. The van der Waals surface area contributed by atoms with E-state index in [4.69, 9.17) is 14.2 Å². The van der Waals surface area contributed by atoms with Crippen LogP contribution >= 0.6 is 23.5 Å². The molecule has 0 N–H and O–H groups in total. The lowest BCUT2D eigenvalue weighted by molar-refractivity contribution is 0.414. The fourth-order valence-corrected chi connectivity index (χ4v) is 17.0. The first-order valence-electron chi connectivity index (χ1n) is 28.8. The van der Waals surface area contributed by atoms with Crippen molar-refractivity contribution in [3.05, 3.63) is 331 Å². The summed E-state index contributed by atoms with van der Waals surface area (Å²) in [6.45, 7) is 10.7. The van der Waals surface area contributed by atoms with Crippen molar-refractivity contribution in [1.82, 2.24) is 0 Å². The van der Waals surface area contributed by atoms with Gasteiger partial charge in [-0.1, -0.05) is 156 Å². The number of methoxy groups -OCH3 is 2. The van der Waals surface area contributed by atoms with Gasteiger partial charge in [0.1, 0.15) is 23.0 Å². The highest BCUT2D eigenvalue weighted by Crippen LogP contribution is 2.38. The monoisotopic (exact) mass is 1240 g/mol. The van der Waals surface area contributed by atoms with E-state index in [2.05, 4.69) is 283 Å². The molecule has 12 aromatic rings. The van der Waals surface area contributed by atoms with Crippen LogP contribution in [0.25, 0.3) is 0 Å². The van der Waals surface area contributed by atoms with Crippen molar-refractivity contribution in [1.29, 1.82) is 0 Å². The molecular formula is C80H75O3S5+3. The maximum absolute atomic E-state index is 5.96. The van der Waals surface area contributed by atoms with Gasteiger partial charge in [0, 0.05) is 19.6 Å². The standard InChI is InChI=1S/C27H25O2S2.C26H23OS.C26H23S2.CH4/c1-20-4-10-23(11-5-20)30-24-12-18-27(19-13-24)31(25-14-6-21(28-2)7-15-25)26-16-8-22(29-3)9-17-26;2*1-20-8-14-24(15-9-20)28(25-16-10-21(2)11-17-25)26-18-12-23(13-19-26)27-22-6-4-3-5-7-22;/h4-19H,1-3H3;2*3-19H,1-2H3;1H4/q3*+1;. The van der Waals surface area contributed by atoms with Crippen molar-refractivity contribution >= 4 is 56.2 Å². The second-order valence-corrected chi connectivity index (χ2v) is 29.1. The Morgan fingerprint density at radius 2 is 0.409 bits per heavy atom. The van der Waals surface area contributed by atoms with Crippen LogP contribution < -0.4 is 14.2 Å². The molecule has 0 spiro atoms. The van der Waals surface area contributed by atoms with Gasteiger partial charge in [-0.15, -0.1) is 0 Å². The number of ether oxygens (including phenoxy) is 3. The van der Waals surface area contributed by atoms with Gasteiger partial charge in [0.25, 0.3) is 0 Å². The number of hydrogen-bond donors (Lipinski definition) is 0. The Morgan fingerprint density at radius 3 is 0.682 bits per heavy atom. The summed E-state index contributed by atoms with van der Waals surface area (Å²) in [7, 11) is 2.94. The van der Waals surface area contributed by atoms with Crippen LogP contribution in [0.3, 0.4) is 0 Å². The molecular weight excluding hydrogens is 1170 g/mol. The normalized spacial score (nSPS) is 10.8. The quantitative estimate of drug-likeness (QED) is 0.0847. The predicted molar refractivity (Wildman–Crippen MR) is 376 cm³/mol. The Bertz CT molecular complexity index is 3680. The van der Waals surface area contributed by atoms with Crippen LogP contribution in [0.5, 0.6) is 23.0 Å². The van der Waals surface area contributed by atoms with Gasteiger partial charge in [-0.25, -0.2) is 0 Å². The molecule has 440 valence electrons. The highest BCUT2D eigenvalue weighted by atomic mass is 32.2. The first-order chi connectivity index (χ1) is 42.5. The summed E-state index contributed by atoms with van der Waals surface area (Å²) in [4.78, 5) is 16.8. The average Bonchev–Trinajstić information content (AvgIpc) is 3.35. The Balaban J connectivity index is 0.000000156. The number of aryl methyl sites for hydroxylation is 5. The predicted octanol–water partition coefficient (Wildman–Crippen LogP) is 22.6. The van der Waals surface area contributed by atoms with E-state index in [1.807, 2.05) is 54.6 Å². The van der Waals surface area contributed by atoms with Gasteiger partial charge in [-0.3, -0.25) is 0 Å². The second kappa shape index (κ2) is 32.1. The average molecular weight is 1240 g/mol. The zero-order valence-corrected chi connectivity index (χ0v) is 54.2. The number of para-hydroxylation sites is 1. The molecule has 0 aromatic heterocycles. The first-order valence-corrected chi connectivity index (χ1v) is 34.1.